The molecule has 134 valence electrons. The molecule has 0 fully saturated rings. The Bertz CT molecular complexity index is 722. The summed E-state index contributed by atoms with van der Waals surface area (Å²) in [4.78, 5) is 25.4. The van der Waals surface area contributed by atoms with Gasteiger partial charge >= 0.3 is 5.97 Å². The van der Waals surface area contributed by atoms with Crippen LogP contribution in [0.3, 0.4) is 0 Å². The van der Waals surface area contributed by atoms with Crippen molar-refractivity contribution in [1.29, 1.82) is 0 Å². The van der Waals surface area contributed by atoms with Gasteiger partial charge in [0.15, 0.2) is 0 Å². The van der Waals surface area contributed by atoms with Gasteiger partial charge in [0.1, 0.15) is 10.8 Å². The highest BCUT2D eigenvalue weighted by atomic mass is 32.1. The van der Waals surface area contributed by atoms with Crippen LogP contribution in [0.5, 0.6) is 5.75 Å². The predicted octanol–water partition coefficient (Wildman–Crippen LogP) is 4.53. The summed E-state index contributed by atoms with van der Waals surface area (Å²) in [7, 11) is 1.33. The first-order valence-electron chi connectivity index (χ1n) is 8.34. The van der Waals surface area contributed by atoms with E-state index >= 15 is 0 Å². The van der Waals surface area contributed by atoms with Gasteiger partial charge in [0.25, 0.3) is 5.91 Å². The zero-order chi connectivity index (χ0) is 18.2. The van der Waals surface area contributed by atoms with Crippen molar-refractivity contribution in [3.05, 3.63) is 46.3 Å². The summed E-state index contributed by atoms with van der Waals surface area (Å²) in [6.07, 6.45) is 2.75. The van der Waals surface area contributed by atoms with Crippen molar-refractivity contribution in [1.82, 2.24) is 0 Å². The molecule has 0 aliphatic rings. The van der Waals surface area contributed by atoms with E-state index in [1.54, 1.807) is 30.3 Å². The van der Waals surface area contributed by atoms with Crippen molar-refractivity contribution in [2.45, 2.75) is 33.1 Å². The second-order valence-electron chi connectivity index (χ2n) is 5.52. The molecule has 1 aromatic heterocycles. The van der Waals surface area contributed by atoms with E-state index in [4.69, 9.17) is 9.47 Å². The number of hydrogen-bond donors (Lipinski definition) is 1. The topological polar surface area (TPSA) is 64.6 Å². The largest absolute Gasteiger partial charge is 0.494 e. The third-order valence-corrected chi connectivity index (χ3v) is 4.61. The van der Waals surface area contributed by atoms with E-state index in [1.807, 2.05) is 6.92 Å². The molecule has 0 saturated carbocycles. The Kier molecular flexibility index (Phi) is 7.01. The molecule has 5 nitrogen and oxygen atoms in total. The number of nitrogens with one attached hydrogen (secondary N) is 1. The summed E-state index contributed by atoms with van der Waals surface area (Å²) < 4.78 is 10.3. The van der Waals surface area contributed by atoms with Gasteiger partial charge in [0, 0.05) is 10.4 Å². The minimum atomic E-state index is -0.447. The van der Waals surface area contributed by atoms with E-state index in [0.29, 0.717) is 22.7 Å². The lowest BCUT2D eigenvalue weighted by molar-refractivity contribution is 0.0602. The minimum absolute atomic E-state index is 0.267. The first-order chi connectivity index (χ1) is 12.1. The second kappa shape index (κ2) is 9.22. The fourth-order valence-electron chi connectivity index (χ4n) is 2.26. The highest BCUT2D eigenvalue weighted by molar-refractivity contribution is 7.16. The Hall–Kier alpha value is -2.34. The van der Waals surface area contributed by atoms with Gasteiger partial charge in [-0.3, -0.25) is 4.79 Å². The van der Waals surface area contributed by atoms with Gasteiger partial charge in [-0.1, -0.05) is 20.3 Å². The summed E-state index contributed by atoms with van der Waals surface area (Å²) in [6.45, 7) is 4.75. The maximum atomic E-state index is 12.5. The van der Waals surface area contributed by atoms with Gasteiger partial charge in [-0.25, -0.2) is 4.79 Å². The first-order valence-corrected chi connectivity index (χ1v) is 9.15. The van der Waals surface area contributed by atoms with Gasteiger partial charge < -0.3 is 14.8 Å². The number of thiophene rings is 1. The van der Waals surface area contributed by atoms with Gasteiger partial charge in [0.05, 0.1) is 19.3 Å². The van der Waals surface area contributed by atoms with Gasteiger partial charge in [0.2, 0.25) is 0 Å². The Morgan fingerprint density at radius 2 is 1.84 bits per heavy atom. The Balaban J connectivity index is 2.14. The molecule has 25 heavy (non-hydrogen) atoms. The summed E-state index contributed by atoms with van der Waals surface area (Å²) >= 11 is 1.41. The van der Waals surface area contributed by atoms with Crippen LogP contribution in [0.2, 0.25) is 0 Å². The Morgan fingerprint density at radius 3 is 2.44 bits per heavy atom. The maximum absolute atomic E-state index is 12.5. The standard InChI is InChI=1S/C19H23NO4S/c1-4-6-15-12-16(19(22)23-3)18(25-15)20-17(21)13-7-9-14(10-8-13)24-11-5-2/h7-10,12H,4-6,11H2,1-3H3,(H,20,21). The van der Waals surface area contributed by atoms with Gasteiger partial charge in [-0.2, -0.15) is 0 Å². The molecule has 0 saturated heterocycles. The number of hydrogen-bond acceptors (Lipinski definition) is 5. The zero-order valence-corrected chi connectivity index (χ0v) is 15.6. The van der Waals surface area contributed by atoms with Crippen LogP contribution in [0, 0.1) is 0 Å². The van der Waals surface area contributed by atoms with Gasteiger partial charge in [-0.05, 0) is 43.2 Å². The Morgan fingerprint density at radius 1 is 1.12 bits per heavy atom. The smallest absolute Gasteiger partial charge is 0.340 e. The van der Waals surface area contributed by atoms with Gasteiger partial charge in [-0.15, -0.1) is 11.3 Å². The molecule has 0 atom stereocenters. The molecule has 0 bridgehead atoms. The molecule has 0 spiro atoms. The highest BCUT2D eigenvalue weighted by Gasteiger charge is 2.19. The van der Waals surface area contributed by atoms with Crippen molar-refractivity contribution in [2.75, 3.05) is 19.0 Å². The molecule has 1 heterocycles. The summed E-state index contributed by atoms with van der Waals surface area (Å²) in [5.74, 6) is 0.0179. The number of anilines is 1. The molecule has 0 unspecified atom stereocenters. The summed E-state index contributed by atoms with van der Waals surface area (Å²) in [5, 5.41) is 3.34. The number of benzene rings is 1. The van der Waals surface area contributed by atoms with Crippen molar-refractivity contribution < 1.29 is 19.1 Å². The minimum Gasteiger partial charge on any atom is -0.494 e. The number of carbonyl (C=O) groups excluding carboxylic acids is 2. The fourth-order valence-corrected chi connectivity index (χ4v) is 3.40. The number of esters is 1. The molecule has 0 aliphatic carbocycles. The lowest BCUT2D eigenvalue weighted by atomic mass is 10.2. The van der Waals surface area contributed by atoms with Crippen molar-refractivity contribution in [2.24, 2.45) is 0 Å². The quantitative estimate of drug-likeness (QED) is 0.702. The summed E-state index contributed by atoms with van der Waals surface area (Å²) in [5.41, 5.74) is 0.900. The molecular weight excluding hydrogens is 338 g/mol. The van der Waals surface area contributed by atoms with E-state index in [9.17, 15) is 9.59 Å². The molecule has 6 heteroatoms. The van der Waals surface area contributed by atoms with Crippen LogP contribution in [0.15, 0.2) is 30.3 Å². The van der Waals surface area contributed by atoms with E-state index < -0.39 is 5.97 Å². The number of ether oxygens (including phenoxy) is 2. The number of aryl methyl sites for hydroxylation is 1. The average molecular weight is 361 g/mol. The lowest BCUT2D eigenvalue weighted by Crippen LogP contribution is -2.13. The first kappa shape index (κ1) is 19.0. The normalized spacial score (nSPS) is 10.4. The molecule has 1 aromatic carbocycles. The highest BCUT2D eigenvalue weighted by Crippen LogP contribution is 2.30. The summed E-state index contributed by atoms with van der Waals surface area (Å²) in [6, 6.07) is 8.74. The number of rotatable bonds is 8. The lowest BCUT2D eigenvalue weighted by Gasteiger charge is -2.07. The average Bonchev–Trinajstić information content (AvgIpc) is 3.02. The molecule has 1 N–H and O–H groups in total. The number of methoxy groups -OCH3 is 1. The third kappa shape index (κ3) is 5.06. The maximum Gasteiger partial charge on any atom is 0.340 e. The van der Waals surface area contributed by atoms with E-state index in [1.165, 1.54) is 18.4 Å². The third-order valence-electron chi connectivity index (χ3n) is 3.50. The van der Waals surface area contributed by atoms with E-state index in [2.05, 4.69) is 12.2 Å². The van der Waals surface area contributed by atoms with Crippen LogP contribution in [0.4, 0.5) is 5.00 Å². The molecule has 2 rings (SSSR count). The molecule has 0 radical (unpaired) electrons. The van der Waals surface area contributed by atoms with E-state index in [-0.39, 0.29) is 5.91 Å². The fraction of sp³-hybridized carbons (Fsp3) is 0.368. The van der Waals surface area contributed by atoms with Crippen LogP contribution in [-0.2, 0) is 11.2 Å². The van der Waals surface area contributed by atoms with Crippen LogP contribution in [0.25, 0.3) is 0 Å². The van der Waals surface area contributed by atoms with Crippen LogP contribution >= 0.6 is 11.3 Å². The van der Waals surface area contributed by atoms with Crippen molar-refractivity contribution >= 4 is 28.2 Å². The monoisotopic (exact) mass is 361 g/mol. The van der Waals surface area contributed by atoms with Crippen molar-refractivity contribution in [3.8, 4) is 5.75 Å². The number of amides is 1. The van der Waals surface area contributed by atoms with Crippen LogP contribution in [-0.4, -0.2) is 25.6 Å². The molecule has 0 aliphatic heterocycles. The van der Waals surface area contributed by atoms with Crippen LogP contribution < -0.4 is 10.1 Å². The van der Waals surface area contributed by atoms with E-state index in [0.717, 1.165) is 29.9 Å². The Labute approximate surface area is 152 Å². The molecule has 1 amide bonds. The zero-order valence-electron chi connectivity index (χ0n) is 14.8. The molecular formula is C19H23NO4S. The van der Waals surface area contributed by atoms with Crippen molar-refractivity contribution in [3.63, 3.8) is 0 Å². The molecule has 2 aromatic rings. The predicted molar refractivity (Wildman–Crippen MR) is 99.8 cm³/mol. The SMILES string of the molecule is CCCOc1ccc(C(=O)Nc2sc(CCC)cc2C(=O)OC)cc1. The van der Waals surface area contributed by atoms with Crippen LogP contribution in [0.1, 0.15) is 52.3 Å². The number of carbonyl (C=O) groups is 2. The second-order valence-corrected chi connectivity index (χ2v) is 6.66.